The van der Waals surface area contributed by atoms with E-state index in [0.717, 1.165) is 23.1 Å². The number of halogens is 1. The van der Waals surface area contributed by atoms with E-state index in [9.17, 15) is 4.79 Å². The summed E-state index contributed by atoms with van der Waals surface area (Å²) in [7, 11) is 1.79. The zero-order valence-corrected chi connectivity index (χ0v) is 12.6. The molecule has 1 N–H and O–H groups in total. The van der Waals surface area contributed by atoms with E-state index in [2.05, 4.69) is 10.4 Å². The Hall–Kier alpha value is -2.27. The Morgan fingerprint density at radius 1 is 1.38 bits per heavy atom. The maximum atomic E-state index is 12.3. The van der Waals surface area contributed by atoms with Gasteiger partial charge in [0, 0.05) is 30.9 Å². The van der Waals surface area contributed by atoms with Gasteiger partial charge in [-0.25, -0.2) is 0 Å². The fourth-order valence-electron chi connectivity index (χ4n) is 2.35. The molecular formula is C15H15ClN4O. The van der Waals surface area contributed by atoms with Crippen LogP contribution < -0.4 is 5.32 Å². The second-order valence-electron chi connectivity index (χ2n) is 4.84. The van der Waals surface area contributed by atoms with E-state index in [-0.39, 0.29) is 5.91 Å². The predicted molar refractivity (Wildman–Crippen MR) is 83.8 cm³/mol. The Morgan fingerprint density at radius 2 is 2.19 bits per heavy atom. The van der Waals surface area contributed by atoms with Gasteiger partial charge >= 0.3 is 0 Å². The van der Waals surface area contributed by atoms with Crippen LogP contribution >= 0.6 is 11.6 Å². The van der Waals surface area contributed by atoms with Crippen molar-refractivity contribution in [1.29, 1.82) is 0 Å². The highest BCUT2D eigenvalue weighted by Crippen LogP contribution is 2.20. The molecule has 0 fully saturated rings. The number of benzene rings is 1. The minimum atomic E-state index is -0.189. The molecule has 0 bridgehead atoms. The summed E-state index contributed by atoms with van der Waals surface area (Å²) >= 11 is 5.90. The quantitative estimate of drug-likeness (QED) is 0.807. The fourth-order valence-corrected chi connectivity index (χ4v) is 2.60. The molecule has 5 nitrogen and oxygen atoms in total. The lowest BCUT2D eigenvalue weighted by atomic mass is 10.2. The van der Waals surface area contributed by atoms with Gasteiger partial charge in [0.15, 0.2) is 0 Å². The highest BCUT2D eigenvalue weighted by molar-refractivity contribution is 6.31. The van der Waals surface area contributed by atoms with E-state index in [0.29, 0.717) is 10.7 Å². The van der Waals surface area contributed by atoms with E-state index in [1.54, 1.807) is 23.9 Å². The Labute approximate surface area is 127 Å². The van der Waals surface area contributed by atoms with E-state index in [4.69, 9.17) is 11.6 Å². The zero-order chi connectivity index (χ0) is 15.0. The molecule has 2 heterocycles. The molecule has 0 unspecified atom stereocenters. The monoisotopic (exact) mass is 302 g/mol. The number of rotatable bonds is 3. The third-order valence-corrected chi connectivity index (χ3v) is 3.61. The van der Waals surface area contributed by atoms with E-state index < -0.39 is 0 Å². The van der Waals surface area contributed by atoms with Crippen molar-refractivity contribution in [2.24, 2.45) is 7.05 Å². The zero-order valence-electron chi connectivity index (χ0n) is 11.8. The lowest BCUT2D eigenvalue weighted by molar-refractivity contribution is 0.101. The van der Waals surface area contributed by atoms with Gasteiger partial charge in [0.2, 0.25) is 0 Å². The summed E-state index contributed by atoms with van der Waals surface area (Å²) in [6, 6.07) is 7.38. The number of aryl methyl sites for hydroxylation is 2. The summed E-state index contributed by atoms with van der Waals surface area (Å²) in [6.45, 7) is 2.82. The van der Waals surface area contributed by atoms with Crippen LogP contribution in [-0.2, 0) is 13.6 Å². The van der Waals surface area contributed by atoms with Crippen LogP contribution in [0.5, 0.6) is 0 Å². The smallest absolute Gasteiger partial charge is 0.272 e. The first-order valence-electron chi connectivity index (χ1n) is 6.67. The molecule has 3 aromatic rings. The molecule has 108 valence electrons. The lowest BCUT2D eigenvalue weighted by Crippen LogP contribution is -2.15. The van der Waals surface area contributed by atoms with Crippen LogP contribution in [0, 0.1) is 0 Å². The van der Waals surface area contributed by atoms with Crippen LogP contribution in [0.3, 0.4) is 0 Å². The van der Waals surface area contributed by atoms with Crippen molar-refractivity contribution >= 4 is 34.1 Å². The number of nitrogens with zero attached hydrogens (tertiary/aromatic N) is 3. The highest BCUT2D eigenvalue weighted by atomic mass is 35.5. The van der Waals surface area contributed by atoms with Gasteiger partial charge in [0.1, 0.15) is 5.69 Å². The molecule has 6 heteroatoms. The molecule has 0 aliphatic carbocycles. The first kappa shape index (κ1) is 13.7. The molecule has 1 amide bonds. The van der Waals surface area contributed by atoms with Crippen molar-refractivity contribution in [3.05, 3.63) is 47.4 Å². The lowest BCUT2D eigenvalue weighted by Gasteiger charge is -2.07. The largest absolute Gasteiger partial charge is 0.345 e. The third kappa shape index (κ3) is 2.52. The van der Waals surface area contributed by atoms with E-state index in [1.165, 1.54) is 0 Å². The number of fused-ring (bicyclic) bond motifs is 1. The summed E-state index contributed by atoms with van der Waals surface area (Å²) in [5.74, 6) is -0.189. The van der Waals surface area contributed by atoms with Crippen molar-refractivity contribution in [2.45, 2.75) is 13.5 Å². The standard InChI is InChI=1S/C15H15ClN4O/c1-3-20-13-7-12(5-4-10(13)8-17-20)18-15(21)14-6-11(16)9-19(14)2/h4-9H,3H2,1-2H3,(H,18,21). The van der Waals surface area contributed by atoms with Crippen molar-refractivity contribution in [3.63, 3.8) is 0 Å². The van der Waals surface area contributed by atoms with Crippen molar-refractivity contribution in [3.8, 4) is 0 Å². The summed E-state index contributed by atoms with van der Waals surface area (Å²) in [5.41, 5.74) is 2.25. The highest BCUT2D eigenvalue weighted by Gasteiger charge is 2.12. The second kappa shape index (κ2) is 5.26. The number of hydrogen-bond acceptors (Lipinski definition) is 2. The molecule has 21 heavy (non-hydrogen) atoms. The average Bonchev–Trinajstić information content (AvgIpc) is 3.01. The molecule has 0 saturated carbocycles. The Bertz CT molecular complexity index is 818. The number of carbonyl (C=O) groups is 1. The van der Waals surface area contributed by atoms with Gasteiger partial charge in [-0.2, -0.15) is 5.10 Å². The molecule has 0 spiro atoms. The second-order valence-corrected chi connectivity index (χ2v) is 5.28. The number of carbonyl (C=O) groups excluding carboxylic acids is 1. The first-order valence-corrected chi connectivity index (χ1v) is 7.05. The Balaban J connectivity index is 1.90. The van der Waals surface area contributed by atoms with Gasteiger partial charge in [-0.1, -0.05) is 11.6 Å². The van der Waals surface area contributed by atoms with Crippen molar-refractivity contribution in [2.75, 3.05) is 5.32 Å². The number of aromatic nitrogens is 3. The van der Waals surface area contributed by atoms with Crippen molar-refractivity contribution in [1.82, 2.24) is 14.3 Å². The van der Waals surface area contributed by atoms with Crippen LogP contribution in [0.2, 0.25) is 5.02 Å². The SMILES string of the molecule is CCn1ncc2ccc(NC(=O)c3cc(Cl)cn3C)cc21. The van der Waals surface area contributed by atoms with Gasteiger partial charge in [-0.15, -0.1) is 0 Å². The third-order valence-electron chi connectivity index (χ3n) is 3.41. The maximum Gasteiger partial charge on any atom is 0.272 e. The first-order chi connectivity index (χ1) is 10.1. The van der Waals surface area contributed by atoms with Gasteiger partial charge in [-0.3, -0.25) is 9.48 Å². The summed E-state index contributed by atoms with van der Waals surface area (Å²) in [6.07, 6.45) is 3.52. The number of anilines is 1. The number of nitrogens with one attached hydrogen (secondary N) is 1. The Kier molecular flexibility index (Phi) is 3.43. The summed E-state index contributed by atoms with van der Waals surface area (Å²) in [4.78, 5) is 12.3. The van der Waals surface area contributed by atoms with Crippen LogP contribution in [-0.4, -0.2) is 20.3 Å². The normalized spacial score (nSPS) is 11.0. The molecule has 0 aliphatic rings. The topological polar surface area (TPSA) is 51.9 Å². The maximum absolute atomic E-state index is 12.3. The number of amides is 1. The molecule has 2 aromatic heterocycles. The average molecular weight is 303 g/mol. The van der Waals surface area contributed by atoms with Gasteiger partial charge in [0.05, 0.1) is 16.7 Å². The summed E-state index contributed by atoms with van der Waals surface area (Å²) < 4.78 is 3.59. The molecule has 3 rings (SSSR count). The van der Waals surface area contributed by atoms with Gasteiger partial charge < -0.3 is 9.88 Å². The van der Waals surface area contributed by atoms with Gasteiger partial charge in [0.25, 0.3) is 5.91 Å². The molecule has 0 atom stereocenters. The minimum absolute atomic E-state index is 0.189. The van der Waals surface area contributed by atoms with Crippen LogP contribution in [0.15, 0.2) is 36.7 Å². The van der Waals surface area contributed by atoms with Gasteiger partial charge in [-0.05, 0) is 31.2 Å². The molecule has 0 radical (unpaired) electrons. The van der Waals surface area contributed by atoms with E-state index in [1.807, 2.05) is 36.0 Å². The molecule has 1 aromatic carbocycles. The summed E-state index contributed by atoms with van der Waals surface area (Å²) in [5, 5.41) is 8.77. The molecule has 0 saturated heterocycles. The van der Waals surface area contributed by atoms with Crippen LogP contribution in [0.4, 0.5) is 5.69 Å². The van der Waals surface area contributed by atoms with Crippen molar-refractivity contribution < 1.29 is 4.79 Å². The minimum Gasteiger partial charge on any atom is -0.345 e. The van der Waals surface area contributed by atoms with E-state index >= 15 is 0 Å². The molecular weight excluding hydrogens is 288 g/mol. The fraction of sp³-hybridized carbons (Fsp3) is 0.200. The number of hydrogen-bond donors (Lipinski definition) is 1. The van der Waals surface area contributed by atoms with Crippen LogP contribution in [0.25, 0.3) is 10.9 Å². The Morgan fingerprint density at radius 3 is 2.86 bits per heavy atom. The predicted octanol–water partition coefficient (Wildman–Crippen LogP) is 3.30. The van der Waals surface area contributed by atoms with Crippen LogP contribution in [0.1, 0.15) is 17.4 Å². The molecule has 0 aliphatic heterocycles.